The van der Waals surface area contributed by atoms with Gasteiger partial charge in [-0.25, -0.2) is 0 Å². The Balaban J connectivity index is 1.70. The average molecular weight is 307 g/mol. The highest BCUT2D eigenvalue weighted by molar-refractivity contribution is 4.92. The molecule has 1 heteroatoms. The Hall–Kier alpha value is -0.560. The second-order valence-corrected chi connectivity index (χ2v) is 6.68. The lowest BCUT2D eigenvalue weighted by Crippen LogP contribution is -1.86. The summed E-state index contributed by atoms with van der Waals surface area (Å²) in [5.41, 5.74) is 0. The molecular weight excluding hydrogens is 268 g/mol. The summed E-state index contributed by atoms with van der Waals surface area (Å²) >= 11 is 0. The molecule has 0 bridgehead atoms. The molecule has 0 amide bonds. The average Bonchev–Trinajstić information content (AvgIpc) is 3.34. The van der Waals surface area contributed by atoms with Crippen LogP contribution in [0.3, 0.4) is 0 Å². The topological polar surface area (TPSA) is 12.5 Å². The summed E-state index contributed by atoms with van der Waals surface area (Å²) in [6.07, 6.45) is 28.8. The Morgan fingerprint density at radius 1 is 0.727 bits per heavy atom. The Labute approximate surface area is 139 Å². The first-order valence-electron chi connectivity index (χ1n) is 9.85. The van der Waals surface area contributed by atoms with Gasteiger partial charge in [0, 0.05) is 0 Å². The highest BCUT2D eigenvalue weighted by Gasteiger charge is 2.20. The molecule has 1 saturated heterocycles. The Morgan fingerprint density at radius 2 is 1.27 bits per heavy atom. The monoisotopic (exact) mass is 306 g/mol. The van der Waals surface area contributed by atoms with Gasteiger partial charge < -0.3 is 4.74 Å². The molecule has 1 fully saturated rings. The summed E-state index contributed by atoms with van der Waals surface area (Å²) in [7, 11) is 0. The third-order valence-electron chi connectivity index (χ3n) is 4.38. The summed E-state index contributed by atoms with van der Waals surface area (Å²) < 4.78 is 5.23. The van der Waals surface area contributed by atoms with Crippen LogP contribution >= 0.6 is 0 Å². The Morgan fingerprint density at radius 3 is 1.86 bits per heavy atom. The number of rotatable bonds is 16. The first-order chi connectivity index (χ1) is 10.9. The minimum absolute atomic E-state index is 0.637. The van der Waals surface area contributed by atoms with E-state index in [2.05, 4.69) is 31.2 Å². The van der Waals surface area contributed by atoms with E-state index in [1.807, 2.05) is 0 Å². The lowest BCUT2D eigenvalue weighted by molar-refractivity contribution is 0.387. The van der Waals surface area contributed by atoms with Crippen molar-refractivity contribution in [1.29, 1.82) is 0 Å². The lowest BCUT2D eigenvalue weighted by atomic mass is 10.1. The number of ether oxygens (including phenoxy) is 1. The molecule has 1 heterocycles. The molecule has 0 aromatic rings. The van der Waals surface area contributed by atoms with Crippen molar-refractivity contribution < 1.29 is 4.74 Å². The Bertz CT molecular complexity index is 276. The van der Waals surface area contributed by atoms with Crippen molar-refractivity contribution >= 4 is 0 Å². The van der Waals surface area contributed by atoms with E-state index in [0.717, 1.165) is 13.0 Å². The van der Waals surface area contributed by atoms with Gasteiger partial charge in [-0.3, -0.25) is 0 Å². The molecule has 1 rings (SSSR count). The van der Waals surface area contributed by atoms with Gasteiger partial charge in [0.1, 0.15) is 0 Å². The van der Waals surface area contributed by atoms with E-state index in [-0.39, 0.29) is 0 Å². The highest BCUT2D eigenvalue weighted by atomic mass is 16.6. The molecular formula is C21H38O. The van der Waals surface area contributed by atoms with E-state index in [1.165, 1.54) is 83.5 Å². The van der Waals surface area contributed by atoms with Gasteiger partial charge in [0.05, 0.1) is 12.7 Å². The number of epoxide rings is 1. The maximum Gasteiger partial charge on any atom is 0.0810 e. The van der Waals surface area contributed by atoms with Crippen LogP contribution in [0.25, 0.3) is 0 Å². The molecule has 1 atom stereocenters. The predicted molar refractivity (Wildman–Crippen MR) is 98.3 cm³/mol. The van der Waals surface area contributed by atoms with Gasteiger partial charge in [0.2, 0.25) is 0 Å². The van der Waals surface area contributed by atoms with Gasteiger partial charge in [0.25, 0.3) is 0 Å². The molecule has 1 aliphatic heterocycles. The second-order valence-electron chi connectivity index (χ2n) is 6.68. The predicted octanol–water partition coefficient (Wildman–Crippen LogP) is 6.98. The zero-order chi connectivity index (χ0) is 15.7. The number of allylic oxidation sites excluding steroid dienone is 4. The molecule has 0 aliphatic carbocycles. The number of hydrogen-bond donors (Lipinski definition) is 0. The van der Waals surface area contributed by atoms with Crippen molar-refractivity contribution in [3.05, 3.63) is 24.3 Å². The van der Waals surface area contributed by atoms with Crippen molar-refractivity contribution in [1.82, 2.24) is 0 Å². The molecule has 0 N–H and O–H groups in total. The molecule has 0 aromatic carbocycles. The third-order valence-corrected chi connectivity index (χ3v) is 4.38. The van der Waals surface area contributed by atoms with Gasteiger partial charge >= 0.3 is 0 Å². The first kappa shape index (κ1) is 19.5. The zero-order valence-electron chi connectivity index (χ0n) is 14.9. The van der Waals surface area contributed by atoms with Crippen LogP contribution in [0, 0.1) is 0 Å². The van der Waals surface area contributed by atoms with E-state index in [1.54, 1.807) is 0 Å². The van der Waals surface area contributed by atoms with E-state index in [0.29, 0.717) is 6.10 Å². The summed E-state index contributed by atoms with van der Waals surface area (Å²) in [5, 5.41) is 0. The molecule has 1 aliphatic rings. The fourth-order valence-corrected chi connectivity index (χ4v) is 2.77. The standard InChI is InChI=1S/C21H38O/c1-2-3-4-5-6-7-8-9-10-11-12-13-14-15-16-17-18-19-21-20-22-21/h6-7,9-10,21H,2-5,8,11-20H2,1H3/b7-6-,10-9-/t21-/m0/s1. The summed E-state index contributed by atoms with van der Waals surface area (Å²) in [4.78, 5) is 0. The minimum Gasteiger partial charge on any atom is -0.373 e. The fraction of sp³-hybridized carbons (Fsp3) is 0.810. The summed E-state index contributed by atoms with van der Waals surface area (Å²) in [6, 6.07) is 0. The van der Waals surface area contributed by atoms with E-state index < -0.39 is 0 Å². The van der Waals surface area contributed by atoms with Gasteiger partial charge in [-0.05, 0) is 38.5 Å². The van der Waals surface area contributed by atoms with Gasteiger partial charge in [-0.2, -0.15) is 0 Å². The molecule has 128 valence electrons. The van der Waals surface area contributed by atoms with Crippen LogP contribution in [-0.4, -0.2) is 12.7 Å². The number of unbranched alkanes of at least 4 members (excludes halogenated alkanes) is 10. The SMILES string of the molecule is CCCCC/C=C\C/C=C\CCCCCCCCC[C@H]1CO1. The molecule has 1 nitrogen and oxygen atoms in total. The maximum absolute atomic E-state index is 5.23. The van der Waals surface area contributed by atoms with E-state index in [9.17, 15) is 0 Å². The van der Waals surface area contributed by atoms with Crippen molar-refractivity contribution in [2.24, 2.45) is 0 Å². The van der Waals surface area contributed by atoms with Gasteiger partial charge in [0.15, 0.2) is 0 Å². The summed E-state index contributed by atoms with van der Waals surface area (Å²) in [5.74, 6) is 0. The molecule has 0 unspecified atom stereocenters. The van der Waals surface area contributed by atoms with Crippen LogP contribution in [0.15, 0.2) is 24.3 Å². The molecule has 0 spiro atoms. The fourth-order valence-electron chi connectivity index (χ4n) is 2.77. The quantitative estimate of drug-likeness (QED) is 0.170. The van der Waals surface area contributed by atoms with Crippen molar-refractivity contribution in [2.75, 3.05) is 6.61 Å². The molecule has 22 heavy (non-hydrogen) atoms. The first-order valence-corrected chi connectivity index (χ1v) is 9.85. The third kappa shape index (κ3) is 14.4. The number of hydrogen-bond acceptors (Lipinski definition) is 1. The van der Waals surface area contributed by atoms with E-state index in [4.69, 9.17) is 4.74 Å². The largest absolute Gasteiger partial charge is 0.373 e. The minimum atomic E-state index is 0.637. The lowest BCUT2D eigenvalue weighted by Gasteiger charge is -2.00. The van der Waals surface area contributed by atoms with Gasteiger partial charge in [-0.15, -0.1) is 0 Å². The van der Waals surface area contributed by atoms with Gasteiger partial charge in [-0.1, -0.05) is 82.6 Å². The smallest absolute Gasteiger partial charge is 0.0810 e. The van der Waals surface area contributed by atoms with Crippen molar-refractivity contribution in [2.45, 2.75) is 103 Å². The van der Waals surface area contributed by atoms with Crippen LogP contribution in [-0.2, 0) is 4.74 Å². The maximum atomic E-state index is 5.23. The zero-order valence-corrected chi connectivity index (χ0v) is 14.9. The highest BCUT2D eigenvalue weighted by Crippen LogP contribution is 2.18. The van der Waals surface area contributed by atoms with Crippen LogP contribution < -0.4 is 0 Å². The van der Waals surface area contributed by atoms with E-state index >= 15 is 0 Å². The van der Waals surface area contributed by atoms with Crippen LogP contribution in [0.4, 0.5) is 0 Å². The van der Waals surface area contributed by atoms with Crippen LogP contribution in [0.1, 0.15) is 96.8 Å². The Kier molecular flexibility index (Phi) is 13.6. The summed E-state index contributed by atoms with van der Waals surface area (Å²) in [6.45, 7) is 3.29. The molecule has 0 saturated carbocycles. The molecule has 0 aromatic heterocycles. The van der Waals surface area contributed by atoms with Crippen molar-refractivity contribution in [3.8, 4) is 0 Å². The van der Waals surface area contributed by atoms with Crippen LogP contribution in [0.2, 0.25) is 0 Å². The normalized spacial score (nSPS) is 17.8. The molecule has 0 radical (unpaired) electrons. The van der Waals surface area contributed by atoms with Crippen LogP contribution in [0.5, 0.6) is 0 Å². The van der Waals surface area contributed by atoms with Crippen molar-refractivity contribution in [3.63, 3.8) is 0 Å². The second kappa shape index (κ2) is 15.3.